The second kappa shape index (κ2) is 36.4. The second-order valence-electron chi connectivity index (χ2n) is 32.2. The SMILES string of the molecule is CC[C@H](C)[C@@H]1NC(=O)[C@H](CC(C)C)N(C)C(=O)C[C@@H](C(=O)N(C)C)N(C)C(=O)[C@H](C2CCCC2)N(C)C(=O)C2(CCC2)NC(=O)[C@@H]2C[C@@H](C)CN2C(=O)[C@H](CCC2CCC(C(F)(F)F)C(OC)C2)NC(=O)CN(C)C(=O)[C@H](CC2CCC(C)CC2)N2CC/C=C\C[C@@H](C2=O)N(C)C(=O)CN(C)C1=O. The Kier molecular flexibility index (Phi) is 29.5. The Hall–Kier alpha value is -6.87. The molecule has 7 aliphatic rings. The lowest BCUT2D eigenvalue weighted by Gasteiger charge is -2.46. The highest BCUT2D eigenvalue weighted by Crippen LogP contribution is 2.44. The molecule has 12 amide bonds. The van der Waals surface area contributed by atoms with Crippen molar-refractivity contribution in [3.8, 4) is 0 Å². The van der Waals surface area contributed by atoms with Crippen LogP contribution >= 0.6 is 0 Å². The van der Waals surface area contributed by atoms with E-state index in [1.807, 2.05) is 33.8 Å². The summed E-state index contributed by atoms with van der Waals surface area (Å²) in [6, 6.07) is -9.81. The maximum atomic E-state index is 15.5. The molecule has 2 saturated heterocycles. The fourth-order valence-electron chi connectivity index (χ4n) is 16.9. The van der Waals surface area contributed by atoms with E-state index in [9.17, 15) is 41.9 Å². The van der Waals surface area contributed by atoms with Gasteiger partial charge in [-0.1, -0.05) is 98.6 Å². The van der Waals surface area contributed by atoms with E-state index in [-0.39, 0.29) is 107 Å². The van der Waals surface area contributed by atoms with Crippen LogP contribution in [0.15, 0.2) is 12.2 Å². The Bertz CT molecular complexity index is 3060. The number of methoxy groups -OCH3 is 1. The summed E-state index contributed by atoms with van der Waals surface area (Å²) in [5.41, 5.74) is -1.54. The van der Waals surface area contributed by atoms with Crippen LogP contribution in [0, 0.1) is 47.3 Å². The van der Waals surface area contributed by atoms with Crippen LogP contribution in [0.2, 0.25) is 0 Å². The van der Waals surface area contributed by atoms with Gasteiger partial charge in [-0.2, -0.15) is 13.2 Å². The summed E-state index contributed by atoms with van der Waals surface area (Å²) in [4.78, 5) is 193. The van der Waals surface area contributed by atoms with Gasteiger partial charge in [-0.25, -0.2) is 0 Å². The summed E-state index contributed by atoms with van der Waals surface area (Å²) in [6.45, 7) is 10.4. The number of hydrogen-bond donors (Lipinski definition) is 3. The summed E-state index contributed by atoms with van der Waals surface area (Å²) in [7, 11) is 12.9. The molecule has 7 rings (SSSR count). The van der Waals surface area contributed by atoms with Gasteiger partial charge in [0.15, 0.2) is 0 Å². The van der Waals surface area contributed by atoms with Crippen LogP contribution in [0.25, 0.3) is 0 Å². The van der Waals surface area contributed by atoms with E-state index < -0.39 is 174 Å². The Balaban J connectivity index is 1.30. The van der Waals surface area contributed by atoms with E-state index in [0.717, 1.165) is 38.5 Å². The van der Waals surface area contributed by atoms with Crippen molar-refractivity contribution < 1.29 is 75.4 Å². The van der Waals surface area contributed by atoms with Crippen LogP contribution in [-0.2, 0) is 62.3 Å². The first kappa shape index (κ1) is 83.4. The molecule has 2 bridgehead atoms. The first-order chi connectivity index (χ1) is 48.4. The summed E-state index contributed by atoms with van der Waals surface area (Å²) in [5, 5.41) is 8.86. The molecule has 13 atom stereocenters. The fourth-order valence-corrected chi connectivity index (χ4v) is 16.9. The van der Waals surface area contributed by atoms with Gasteiger partial charge in [0.2, 0.25) is 70.9 Å². The van der Waals surface area contributed by atoms with Gasteiger partial charge >= 0.3 is 6.18 Å². The number of nitrogens with one attached hydrogen (secondary N) is 3. The normalized spacial score (nSPS) is 32.0. The lowest BCUT2D eigenvalue weighted by molar-refractivity contribution is -0.215. The molecule has 0 aromatic carbocycles. The maximum absolute atomic E-state index is 15.5. The number of fused-ring (bicyclic) bond motifs is 3. The van der Waals surface area contributed by atoms with Crippen molar-refractivity contribution in [3.63, 3.8) is 0 Å². The average Bonchev–Trinajstić information content (AvgIpc) is 1.52. The Morgan fingerprint density at radius 2 is 1.30 bits per heavy atom. The number of hydrogen-bond acceptors (Lipinski definition) is 13. The van der Waals surface area contributed by atoms with E-state index in [1.165, 1.54) is 108 Å². The Labute approximate surface area is 608 Å². The highest BCUT2D eigenvalue weighted by molar-refractivity contribution is 6.01. The van der Waals surface area contributed by atoms with Gasteiger partial charge in [0.25, 0.3) is 0 Å². The van der Waals surface area contributed by atoms with Crippen molar-refractivity contribution in [1.29, 1.82) is 0 Å². The predicted octanol–water partition coefficient (Wildman–Crippen LogP) is 5.77. The number of nitrogens with zero attached hydrogens (tertiary/aromatic N) is 9. The number of ether oxygens (including phenoxy) is 1. The van der Waals surface area contributed by atoms with Gasteiger partial charge < -0.3 is 64.8 Å². The molecule has 0 aromatic rings. The third-order valence-electron chi connectivity index (χ3n) is 23.9. The first-order valence-corrected chi connectivity index (χ1v) is 38.0. The summed E-state index contributed by atoms with van der Waals surface area (Å²) >= 11 is 0. The molecule has 4 aliphatic carbocycles. The Morgan fingerprint density at radius 1 is 0.660 bits per heavy atom. The molecule has 3 unspecified atom stereocenters. The highest BCUT2D eigenvalue weighted by Gasteiger charge is 2.54. The van der Waals surface area contributed by atoms with E-state index in [0.29, 0.717) is 38.0 Å². The molecule has 1 spiro atoms. The molecule has 3 heterocycles. The smallest absolute Gasteiger partial charge is 0.381 e. The van der Waals surface area contributed by atoms with Gasteiger partial charge in [0, 0.05) is 76.6 Å². The molecule has 3 N–H and O–H groups in total. The van der Waals surface area contributed by atoms with E-state index in [2.05, 4.69) is 22.9 Å². The maximum Gasteiger partial charge on any atom is 0.394 e. The minimum Gasteiger partial charge on any atom is -0.381 e. The van der Waals surface area contributed by atoms with Gasteiger partial charge in [0.05, 0.1) is 31.5 Å². The van der Waals surface area contributed by atoms with Crippen LogP contribution in [0.5, 0.6) is 0 Å². The van der Waals surface area contributed by atoms with Crippen molar-refractivity contribution in [1.82, 2.24) is 60.0 Å². The summed E-state index contributed by atoms with van der Waals surface area (Å²) in [6.07, 6.45) is 5.68. The fraction of sp³-hybridized carbons (Fsp3) is 0.813. The number of amides is 12. The predicted molar refractivity (Wildman–Crippen MR) is 380 cm³/mol. The van der Waals surface area contributed by atoms with Crippen LogP contribution in [0.3, 0.4) is 0 Å². The minimum atomic E-state index is -4.51. The van der Waals surface area contributed by atoms with Gasteiger partial charge in [0.1, 0.15) is 53.9 Å². The first-order valence-electron chi connectivity index (χ1n) is 38.0. The molecule has 0 aromatic heterocycles. The summed E-state index contributed by atoms with van der Waals surface area (Å²) < 4.78 is 48.2. The molecule has 580 valence electrons. The van der Waals surface area contributed by atoms with Gasteiger partial charge in [-0.05, 0) is 138 Å². The largest absolute Gasteiger partial charge is 0.394 e. The number of alkyl halides is 3. The van der Waals surface area contributed by atoms with Crippen molar-refractivity contribution in [2.24, 2.45) is 47.3 Å². The lowest BCUT2D eigenvalue weighted by Crippen LogP contribution is -2.68. The van der Waals surface area contributed by atoms with Crippen molar-refractivity contribution in [3.05, 3.63) is 12.2 Å². The van der Waals surface area contributed by atoms with E-state index in [4.69, 9.17) is 4.74 Å². The van der Waals surface area contributed by atoms with Crippen LogP contribution in [0.1, 0.15) is 189 Å². The summed E-state index contributed by atoms with van der Waals surface area (Å²) in [5.74, 6) is -10.5. The molecule has 6 fully saturated rings. The minimum absolute atomic E-state index is 0.00762. The number of halogens is 3. The second-order valence-corrected chi connectivity index (χ2v) is 32.2. The van der Waals surface area contributed by atoms with Crippen LogP contribution in [-0.4, -0.2) is 271 Å². The molecular formula is C75H121F3N12O13. The quantitative estimate of drug-likeness (QED) is 0.196. The lowest BCUT2D eigenvalue weighted by atomic mass is 9.74. The topological polar surface area (TPSA) is 279 Å². The number of likely N-dealkylation sites (N-methyl/N-ethyl adjacent to an activating group) is 7. The molecule has 103 heavy (non-hydrogen) atoms. The molecule has 0 radical (unpaired) electrons. The third-order valence-corrected chi connectivity index (χ3v) is 23.9. The van der Waals surface area contributed by atoms with Gasteiger partial charge in [-0.3, -0.25) is 57.5 Å². The third kappa shape index (κ3) is 20.4. The van der Waals surface area contributed by atoms with Crippen molar-refractivity contribution in [2.75, 3.05) is 89.7 Å². The molecule has 3 aliphatic heterocycles. The molecule has 25 nitrogen and oxygen atoms in total. The number of carbonyl (C=O) groups is 12. The van der Waals surface area contributed by atoms with Crippen molar-refractivity contribution in [2.45, 2.75) is 255 Å². The van der Waals surface area contributed by atoms with Crippen LogP contribution < -0.4 is 16.0 Å². The monoisotopic (exact) mass is 1450 g/mol. The molecular weight excluding hydrogens is 1330 g/mol. The molecule has 4 saturated carbocycles. The average molecular weight is 1460 g/mol. The number of rotatable bonds is 12. The highest BCUT2D eigenvalue weighted by atomic mass is 19.4. The molecule has 28 heteroatoms. The zero-order valence-electron chi connectivity index (χ0n) is 64.0. The van der Waals surface area contributed by atoms with E-state index in [1.54, 1.807) is 13.0 Å². The zero-order valence-corrected chi connectivity index (χ0v) is 64.0. The number of carbonyl (C=O) groups excluding carboxylic acids is 12. The Morgan fingerprint density at radius 3 is 1.89 bits per heavy atom. The van der Waals surface area contributed by atoms with Gasteiger partial charge in [-0.15, -0.1) is 0 Å². The zero-order chi connectivity index (χ0) is 76.3. The standard InChI is InChI=1S/C75H121F3N12O13/c1-16-48(6)63-71(100)84(10)44-62(93)85(11)54-25-18-17-21-36-89(70(54)99)58(39-49-28-26-46(4)27-29-49)69(98)83(9)43-60(91)79-53(33-31-50-30-32-52(75(76,77)78)59(40-50)103-15)67(96)90-42-47(5)38-56(90)66(95)81-74(34-22-35-74)73(102)88(14)64(51-23-19-20-24-51)72(101)87(13)57(68(97)82(7)8)41-61(92)86(12)55(37-45(2)3)65(94)80-63/h17-18,45-59,63-64H,16,19-44H2,1-15H3,(H,79,91)(H,80,94)(H,81,95)/b18-17-/t46?,47-,48+,49?,50?,52?,53+,54+,55+,56+,57+,58+,59?,63+,64+/m1/s1. The van der Waals surface area contributed by atoms with Crippen molar-refractivity contribution >= 4 is 70.9 Å². The van der Waals surface area contributed by atoms with E-state index >= 15 is 28.8 Å². The van der Waals surface area contributed by atoms with Crippen LogP contribution in [0.4, 0.5) is 13.2 Å².